The highest BCUT2D eigenvalue weighted by Crippen LogP contribution is 2.29. The van der Waals surface area contributed by atoms with E-state index in [0.29, 0.717) is 12.6 Å². The highest BCUT2D eigenvalue weighted by atomic mass is 15.2. The van der Waals surface area contributed by atoms with Crippen molar-refractivity contribution < 1.29 is 0 Å². The molecule has 2 N–H and O–H groups in total. The van der Waals surface area contributed by atoms with Crippen LogP contribution in [-0.2, 0) is 13.0 Å². The van der Waals surface area contributed by atoms with Gasteiger partial charge in [0, 0.05) is 25.3 Å². The summed E-state index contributed by atoms with van der Waals surface area (Å²) in [6.45, 7) is 2.78. The van der Waals surface area contributed by atoms with Crippen molar-refractivity contribution in [3.8, 4) is 0 Å². The summed E-state index contributed by atoms with van der Waals surface area (Å²) in [6, 6.07) is 4.96. The summed E-state index contributed by atoms with van der Waals surface area (Å²) >= 11 is 0. The molecule has 88 valence electrons. The SMILES string of the molecule is CCCc1cc(CN)cc(N(C)C2CC2)n1. The van der Waals surface area contributed by atoms with Gasteiger partial charge in [-0.05, 0) is 37.0 Å². The number of hydrogen-bond acceptors (Lipinski definition) is 3. The molecule has 0 spiro atoms. The zero-order chi connectivity index (χ0) is 11.5. The van der Waals surface area contributed by atoms with Crippen molar-refractivity contribution in [3.05, 3.63) is 23.4 Å². The molecule has 0 radical (unpaired) electrons. The third kappa shape index (κ3) is 2.53. The quantitative estimate of drug-likeness (QED) is 0.824. The van der Waals surface area contributed by atoms with Gasteiger partial charge in [0.15, 0.2) is 0 Å². The van der Waals surface area contributed by atoms with Crippen molar-refractivity contribution >= 4 is 5.82 Å². The Balaban J connectivity index is 2.24. The first-order valence-electron chi connectivity index (χ1n) is 6.17. The Morgan fingerprint density at radius 1 is 1.44 bits per heavy atom. The van der Waals surface area contributed by atoms with Crippen LogP contribution in [0.2, 0.25) is 0 Å². The standard InChI is InChI=1S/C13H21N3/c1-3-4-11-7-10(9-14)8-13(15-11)16(2)12-5-6-12/h7-8,12H,3-6,9,14H2,1-2H3. The second-order valence-electron chi connectivity index (χ2n) is 4.62. The van der Waals surface area contributed by atoms with Gasteiger partial charge in [0.1, 0.15) is 5.82 Å². The summed E-state index contributed by atoms with van der Waals surface area (Å²) in [5, 5.41) is 0. The molecule has 1 heterocycles. The highest BCUT2D eigenvalue weighted by molar-refractivity contribution is 5.44. The zero-order valence-electron chi connectivity index (χ0n) is 10.2. The van der Waals surface area contributed by atoms with Crippen LogP contribution in [0, 0.1) is 0 Å². The van der Waals surface area contributed by atoms with Gasteiger partial charge in [-0.25, -0.2) is 4.98 Å². The highest BCUT2D eigenvalue weighted by Gasteiger charge is 2.27. The van der Waals surface area contributed by atoms with E-state index in [1.165, 1.54) is 24.1 Å². The molecule has 1 aromatic heterocycles. The van der Waals surface area contributed by atoms with E-state index >= 15 is 0 Å². The molecule has 1 saturated carbocycles. The molecule has 0 bridgehead atoms. The van der Waals surface area contributed by atoms with E-state index < -0.39 is 0 Å². The maximum absolute atomic E-state index is 5.73. The van der Waals surface area contributed by atoms with Crippen LogP contribution < -0.4 is 10.6 Å². The summed E-state index contributed by atoms with van der Waals surface area (Å²) in [5.41, 5.74) is 8.10. The number of anilines is 1. The molecule has 1 aliphatic rings. The molecule has 2 rings (SSSR count). The Labute approximate surface area is 97.7 Å². The average Bonchev–Trinajstić information content (AvgIpc) is 3.12. The molecule has 0 saturated heterocycles. The number of aromatic nitrogens is 1. The molecule has 0 aliphatic heterocycles. The van der Waals surface area contributed by atoms with Gasteiger partial charge in [0.2, 0.25) is 0 Å². The summed E-state index contributed by atoms with van der Waals surface area (Å²) in [6.07, 6.45) is 4.77. The normalized spacial score (nSPS) is 15.2. The molecule has 1 aromatic rings. The zero-order valence-corrected chi connectivity index (χ0v) is 10.2. The van der Waals surface area contributed by atoms with E-state index in [1.807, 2.05) is 0 Å². The Bertz CT molecular complexity index is 358. The van der Waals surface area contributed by atoms with E-state index in [4.69, 9.17) is 10.7 Å². The van der Waals surface area contributed by atoms with Crippen molar-refractivity contribution in [3.63, 3.8) is 0 Å². The van der Waals surface area contributed by atoms with Crippen molar-refractivity contribution in [1.29, 1.82) is 0 Å². The Morgan fingerprint density at radius 3 is 2.75 bits per heavy atom. The first-order chi connectivity index (χ1) is 7.74. The number of nitrogens with zero attached hydrogens (tertiary/aromatic N) is 2. The van der Waals surface area contributed by atoms with E-state index in [-0.39, 0.29) is 0 Å². The lowest BCUT2D eigenvalue weighted by atomic mass is 10.1. The summed E-state index contributed by atoms with van der Waals surface area (Å²) in [5.74, 6) is 1.09. The fourth-order valence-corrected chi connectivity index (χ4v) is 1.96. The van der Waals surface area contributed by atoms with E-state index in [9.17, 15) is 0 Å². The molecule has 3 nitrogen and oxygen atoms in total. The molecule has 0 atom stereocenters. The third-order valence-electron chi connectivity index (χ3n) is 3.12. The Morgan fingerprint density at radius 2 is 2.19 bits per heavy atom. The van der Waals surface area contributed by atoms with E-state index in [1.54, 1.807) is 0 Å². The molecule has 1 fully saturated rings. The minimum Gasteiger partial charge on any atom is -0.357 e. The minimum atomic E-state index is 0.602. The van der Waals surface area contributed by atoms with E-state index in [2.05, 4.69) is 31.0 Å². The van der Waals surface area contributed by atoms with Crippen molar-refractivity contribution in [2.45, 2.75) is 45.2 Å². The Kier molecular flexibility index (Phi) is 3.44. The molecule has 16 heavy (non-hydrogen) atoms. The lowest BCUT2D eigenvalue weighted by molar-refractivity contribution is 0.839. The molecule has 0 aromatic carbocycles. The van der Waals surface area contributed by atoms with Crippen LogP contribution in [0.1, 0.15) is 37.4 Å². The van der Waals surface area contributed by atoms with Crippen LogP contribution in [0.15, 0.2) is 12.1 Å². The van der Waals surface area contributed by atoms with Gasteiger partial charge >= 0.3 is 0 Å². The van der Waals surface area contributed by atoms with Gasteiger partial charge in [-0.2, -0.15) is 0 Å². The maximum Gasteiger partial charge on any atom is 0.129 e. The van der Waals surface area contributed by atoms with Gasteiger partial charge in [0.05, 0.1) is 0 Å². The summed E-state index contributed by atoms with van der Waals surface area (Å²) in [4.78, 5) is 6.99. The number of nitrogens with two attached hydrogens (primary N) is 1. The van der Waals surface area contributed by atoms with Crippen LogP contribution in [0.4, 0.5) is 5.82 Å². The number of pyridine rings is 1. The second kappa shape index (κ2) is 4.83. The summed E-state index contributed by atoms with van der Waals surface area (Å²) in [7, 11) is 2.13. The molecule has 0 amide bonds. The maximum atomic E-state index is 5.73. The van der Waals surface area contributed by atoms with Crippen LogP contribution in [0.3, 0.4) is 0 Å². The lowest BCUT2D eigenvalue weighted by Crippen LogP contribution is -2.21. The van der Waals surface area contributed by atoms with Crippen molar-refractivity contribution in [2.24, 2.45) is 5.73 Å². The van der Waals surface area contributed by atoms with Gasteiger partial charge in [0.25, 0.3) is 0 Å². The van der Waals surface area contributed by atoms with Crippen molar-refractivity contribution in [2.75, 3.05) is 11.9 Å². The van der Waals surface area contributed by atoms with Crippen molar-refractivity contribution in [1.82, 2.24) is 4.98 Å². The molecule has 3 heteroatoms. The first kappa shape index (κ1) is 11.4. The van der Waals surface area contributed by atoms with Crippen LogP contribution in [0.25, 0.3) is 0 Å². The summed E-state index contributed by atoms with van der Waals surface area (Å²) < 4.78 is 0. The first-order valence-corrected chi connectivity index (χ1v) is 6.17. The van der Waals surface area contributed by atoms with E-state index in [0.717, 1.165) is 18.7 Å². The Hall–Kier alpha value is -1.09. The fraction of sp³-hybridized carbons (Fsp3) is 0.615. The largest absolute Gasteiger partial charge is 0.357 e. The third-order valence-corrected chi connectivity index (χ3v) is 3.12. The van der Waals surface area contributed by atoms with Gasteiger partial charge in [-0.3, -0.25) is 0 Å². The van der Waals surface area contributed by atoms with Gasteiger partial charge in [-0.15, -0.1) is 0 Å². The molecular weight excluding hydrogens is 198 g/mol. The fourth-order valence-electron chi connectivity index (χ4n) is 1.96. The predicted octanol–water partition coefficient (Wildman–Crippen LogP) is 2.09. The number of rotatable bonds is 5. The van der Waals surface area contributed by atoms with Crippen LogP contribution >= 0.6 is 0 Å². The number of aryl methyl sites for hydroxylation is 1. The van der Waals surface area contributed by atoms with Gasteiger partial charge < -0.3 is 10.6 Å². The lowest BCUT2D eigenvalue weighted by Gasteiger charge is -2.19. The minimum absolute atomic E-state index is 0.602. The molecular formula is C13H21N3. The van der Waals surface area contributed by atoms with Crippen LogP contribution in [-0.4, -0.2) is 18.1 Å². The molecule has 0 unspecified atom stereocenters. The predicted molar refractivity (Wildman–Crippen MR) is 67.5 cm³/mol. The average molecular weight is 219 g/mol. The molecule has 1 aliphatic carbocycles. The number of hydrogen-bond donors (Lipinski definition) is 1. The smallest absolute Gasteiger partial charge is 0.129 e. The van der Waals surface area contributed by atoms with Gasteiger partial charge in [-0.1, -0.05) is 13.3 Å². The van der Waals surface area contributed by atoms with Crippen LogP contribution in [0.5, 0.6) is 0 Å². The second-order valence-corrected chi connectivity index (χ2v) is 4.62. The monoisotopic (exact) mass is 219 g/mol. The topological polar surface area (TPSA) is 42.1 Å².